The van der Waals surface area contributed by atoms with Crippen LogP contribution in [0.15, 0.2) is 24.3 Å². The highest BCUT2D eigenvalue weighted by atomic mass is 16.4. The van der Waals surface area contributed by atoms with E-state index >= 15 is 0 Å². The summed E-state index contributed by atoms with van der Waals surface area (Å²) in [5, 5.41) is 17.5. The predicted octanol–water partition coefficient (Wildman–Crippen LogP) is 0.347. The van der Waals surface area contributed by atoms with Crippen molar-refractivity contribution in [2.75, 3.05) is 0 Å². The Hall–Kier alpha value is -1.55. The zero-order valence-corrected chi connectivity index (χ0v) is 6.97. The molecular weight excluding hydrogens is 173 g/mol. The monoisotopic (exact) mass is 184 g/mol. The number of nitrogens with two attached hydrogens (primary N) is 1. The van der Waals surface area contributed by atoms with E-state index in [4.69, 9.17) is 15.9 Å². The molecular formula is C9H11NO3. The van der Waals surface area contributed by atoms with E-state index in [1.807, 2.05) is 0 Å². The Morgan fingerprint density at radius 2 is 1.92 bits per heavy atom. The topological polar surface area (TPSA) is 83.5 Å². The van der Waals surface area contributed by atoms with Crippen LogP contribution in [-0.2, 0) is 11.2 Å². The van der Waals surface area contributed by atoms with Crippen LogP contribution in [0.5, 0.6) is 5.75 Å². The van der Waals surface area contributed by atoms with Crippen molar-refractivity contribution in [2.24, 2.45) is 5.73 Å². The third-order valence-electron chi connectivity index (χ3n) is 1.71. The van der Waals surface area contributed by atoms with Gasteiger partial charge in [0.15, 0.2) is 0 Å². The molecule has 13 heavy (non-hydrogen) atoms. The molecule has 4 N–H and O–H groups in total. The molecule has 0 aliphatic rings. The van der Waals surface area contributed by atoms with Gasteiger partial charge in [0.05, 0.1) is 0 Å². The first-order chi connectivity index (χ1) is 6.09. The second-order valence-corrected chi connectivity index (χ2v) is 2.82. The molecule has 0 aromatic heterocycles. The summed E-state index contributed by atoms with van der Waals surface area (Å²) in [6, 6.07) is 5.42. The first-order valence-corrected chi connectivity index (χ1v) is 3.86. The largest absolute Gasteiger partial charge is 0.508 e. The Balaban J connectivity index is 2.64. The van der Waals surface area contributed by atoms with Gasteiger partial charge in [-0.25, -0.2) is 0 Å². The number of benzene rings is 1. The standard InChI is InChI=1S/C9H11NO3/c10-8(9(12)13)5-6-1-3-7(11)4-2-6/h1-4,8,11H,5,10H2,(H,12,13)/t8-/m0/s1/i1+1,2+1,5+1. The zero-order chi connectivity index (χ0) is 9.84. The smallest absolute Gasteiger partial charge is 0.320 e. The number of aliphatic carboxylic acids is 1. The molecule has 4 nitrogen and oxygen atoms in total. The fraction of sp³-hybridized carbons (Fsp3) is 0.222. The summed E-state index contributed by atoms with van der Waals surface area (Å²) >= 11 is 0. The normalized spacial score (nSPS) is 12.4. The Morgan fingerprint density at radius 1 is 1.38 bits per heavy atom. The number of aromatic hydroxyl groups is 1. The van der Waals surface area contributed by atoms with Crippen LogP contribution in [0.4, 0.5) is 0 Å². The molecule has 0 amide bonds. The van der Waals surface area contributed by atoms with Crippen LogP contribution in [0.1, 0.15) is 5.56 Å². The van der Waals surface area contributed by atoms with Crippen LogP contribution < -0.4 is 5.73 Å². The van der Waals surface area contributed by atoms with E-state index in [0.717, 1.165) is 5.56 Å². The minimum atomic E-state index is -1.02. The molecule has 1 aromatic carbocycles. The summed E-state index contributed by atoms with van der Waals surface area (Å²) in [7, 11) is 0. The molecule has 4 heteroatoms. The molecule has 1 atom stereocenters. The molecule has 70 valence electrons. The Morgan fingerprint density at radius 3 is 2.38 bits per heavy atom. The number of carbonyl (C=O) groups is 1. The molecule has 0 unspecified atom stereocenters. The molecule has 0 fully saturated rings. The molecule has 0 heterocycles. The van der Waals surface area contributed by atoms with Crippen molar-refractivity contribution >= 4 is 5.97 Å². The zero-order valence-electron chi connectivity index (χ0n) is 6.97. The van der Waals surface area contributed by atoms with Gasteiger partial charge in [-0.15, -0.1) is 0 Å². The first kappa shape index (κ1) is 9.54. The van der Waals surface area contributed by atoms with Crippen molar-refractivity contribution in [3.05, 3.63) is 29.8 Å². The van der Waals surface area contributed by atoms with Gasteiger partial charge in [0.25, 0.3) is 0 Å². The van der Waals surface area contributed by atoms with E-state index in [0.29, 0.717) is 0 Å². The third-order valence-corrected chi connectivity index (χ3v) is 1.71. The van der Waals surface area contributed by atoms with Crippen LogP contribution in [0, 0.1) is 0 Å². The quantitative estimate of drug-likeness (QED) is 0.592. The van der Waals surface area contributed by atoms with Gasteiger partial charge in [-0.05, 0) is 24.1 Å². The number of phenols is 1. The SMILES string of the molecule is N[C@@H]([13CH2]c1[13cH]cc(O)c[13cH]1)C(=O)O. The number of hydrogen-bond acceptors (Lipinski definition) is 3. The fourth-order valence-electron chi connectivity index (χ4n) is 0.973. The van der Waals surface area contributed by atoms with Gasteiger partial charge in [-0.1, -0.05) is 12.1 Å². The second kappa shape index (κ2) is 3.91. The predicted molar refractivity (Wildman–Crippen MR) is 47.4 cm³/mol. The van der Waals surface area contributed by atoms with Crippen LogP contribution in [0.3, 0.4) is 0 Å². The van der Waals surface area contributed by atoms with Crippen molar-refractivity contribution in [1.82, 2.24) is 0 Å². The number of phenolic OH excluding ortho intramolecular Hbond substituents is 1. The van der Waals surface area contributed by atoms with E-state index in [-0.39, 0.29) is 12.2 Å². The number of carboxylic acid groups (broad SMARTS) is 1. The summed E-state index contributed by atoms with van der Waals surface area (Å²) < 4.78 is 0. The number of carboxylic acids is 1. The molecule has 0 saturated heterocycles. The molecule has 0 radical (unpaired) electrons. The minimum Gasteiger partial charge on any atom is -0.508 e. The summed E-state index contributed by atoms with van der Waals surface area (Å²) in [6.45, 7) is 0. The molecule has 0 spiro atoms. The highest BCUT2D eigenvalue weighted by Gasteiger charge is 2.11. The first-order valence-electron chi connectivity index (χ1n) is 3.86. The van der Waals surface area contributed by atoms with E-state index in [1.165, 1.54) is 12.1 Å². The fourth-order valence-corrected chi connectivity index (χ4v) is 0.973. The summed E-state index contributed by atoms with van der Waals surface area (Å²) in [5.74, 6) is -0.860. The van der Waals surface area contributed by atoms with E-state index in [2.05, 4.69) is 0 Å². The number of hydrogen-bond donors (Lipinski definition) is 3. The van der Waals surface area contributed by atoms with Crippen molar-refractivity contribution in [3.63, 3.8) is 0 Å². The molecule has 0 aliphatic heterocycles. The highest BCUT2D eigenvalue weighted by molar-refractivity contribution is 5.73. The molecule has 0 aliphatic carbocycles. The van der Waals surface area contributed by atoms with Crippen molar-refractivity contribution in [3.8, 4) is 5.75 Å². The maximum Gasteiger partial charge on any atom is 0.320 e. The van der Waals surface area contributed by atoms with Crippen molar-refractivity contribution in [2.45, 2.75) is 12.5 Å². The average molecular weight is 184 g/mol. The van der Waals surface area contributed by atoms with E-state index < -0.39 is 12.0 Å². The highest BCUT2D eigenvalue weighted by Crippen LogP contribution is 2.10. The van der Waals surface area contributed by atoms with Crippen LogP contribution in [0.2, 0.25) is 0 Å². The summed E-state index contributed by atoms with van der Waals surface area (Å²) in [5.41, 5.74) is 6.12. The van der Waals surface area contributed by atoms with Crippen molar-refractivity contribution in [1.29, 1.82) is 0 Å². The Bertz CT molecular complexity index is 294. The third kappa shape index (κ3) is 2.76. The molecule has 0 saturated carbocycles. The lowest BCUT2D eigenvalue weighted by Gasteiger charge is -2.05. The lowest BCUT2D eigenvalue weighted by atomic mass is 10.4. The lowest BCUT2D eigenvalue weighted by Crippen LogP contribution is -2.32. The molecule has 0 bridgehead atoms. The van der Waals surface area contributed by atoms with Crippen LogP contribution in [0.25, 0.3) is 0 Å². The summed E-state index contributed by atoms with van der Waals surface area (Å²) in [4.78, 5) is 10.4. The molecule has 1 rings (SSSR count). The maximum absolute atomic E-state index is 10.4. The van der Waals surface area contributed by atoms with Gasteiger partial charge in [0, 0.05) is 0 Å². The van der Waals surface area contributed by atoms with Gasteiger partial charge in [-0.2, -0.15) is 0 Å². The van der Waals surface area contributed by atoms with Gasteiger partial charge < -0.3 is 15.9 Å². The van der Waals surface area contributed by atoms with Gasteiger partial charge in [0.2, 0.25) is 0 Å². The molecule has 1 aromatic rings. The lowest BCUT2D eigenvalue weighted by molar-refractivity contribution is -0.138. The Kier molecular flexibility index (Phi) is 2.87. The average Bonchev–Trinajstić information content (AvgIpc) is 2.08. The minimum absolute atomic E-state index is 0.160. The van der Waals surface area contributed by atoms with Gasteiger partial charge in [0.1, 0.15) is 11.8 Å². The summed E-state index contributed by atoms with van der Waals surface area (Å²) in [6.07, 6.45) is 0.273. The Labute approximate surface area is 75.6 Å². The van der Waals surface area contributed by atoms with Crippen LogP contribution in [-0.4, -0.2) is 22.2 Å². The van der Waals surface area contributed by atoms with Crippen molar-refractivity contribution < 1.29 is 15.0 Å². The number of rotatable bonds is 3. The van der Waals surface area contributed by atoms with E-state index in [1.54, 1.807) is 12.1 Å². The van der Waals surface area contributed by atoms with Crippen LogP contribution >= 0.6 is 0 Å². The van der Waals surface area contributed by atoms with E-state index in [9.17, 15) is 4.79 Å². The van der Waals surface area contributed by atoms with Gasteiger partial charge >= 0.3 is 5.97 Å². The van der Waals surface area contributed by atoms with Gasteiger partial charge in [-0.3, -0.25) is 4.79 Å². The maximum atomic E-state index is 10.4. The second-order valence-electron chi connectivity index (χ2n) is 2.82.